The number of hydrogen-bond acceptors (Lipinski definition) is 4. The lowest BCUT2D eigenvalue weighted by molar-refractivity contribution is -0.143. The molecule has 2 saturated heterocycles. The lowest BCUT2D eigenvalue weighted by Crippen LogP contribution is -2.55. The Kier molecular flexibility index (Phi) is 5.19. The fourth-order valence-corrected chi connectivity index (χ4v) is 4.90. The van der Waals surface area contributed by atoms with Crippen LogP contribution in [0.2, 0.25) is 0 Å². The van der Waals surface area contributed by atoms with Gasteiger partial charge >= 0.3 is 0 Å². The van der Waals surface area contributed by atoms with Crippen LogP contribution in [0.25, 0.3) is 0 Å². The quantitative estimate of drug-likeness (QED) is 0.529. The van der Waals surface area contributed by atoms with Crippen LogP contribution in [-0.2, 0) is 25.6 Å². The average molecular weight is 373 g/mol. The predicted octanol–water partition coefficient (Wildman–Crippen LogP) is 4.28. The van der Waals surface area contributed by atoms with Gasteiger partial charge in [-0.3, -0.25) is 0 Å². The first-order valence-electron chi connectivity index (χ1n) is 10.1. The van der Waals surface area contributed by atoms with Crippen LogP contribution in [-0.4, -0.2) is 43.2 Å². The average Bonchev–Trinajstić information content (AvgIpc) is 3.57. The molecule has 2 heterocycles. The van der Waals surface area contributed by atoms with Crippen molar-refractivity contribution in [3.63, 3.8) is 0 Å². The first kappa shape index (κ1) is 19.1. The van der Waals surface area contributed by atoms with E-state index in [-0.39, 0.29) is 35.4 Å². The maximum absolute atomic E-state index is 6.33. The minimum atomic E-state index is -0.197. The van der Waals surface area contributed by atoms with E-state index in [9.17, 15) is 0 Å². The molecular formula is C23H32O4. The van der Waals surface area contributed by atoms with Crippen molar-refractivity contribution in [2.75, 3.05) is 13.7 Å². The lowest BCUT2D eigenvalue weighted by atomic mass is 9.68. The van der Waals surface area contributed by atoms with Crippen molar-refractivity contribution in [1.82, 2.24) is 0 Å². The van der Waals surface area contributed by atoms with Crippen molar-refractivity contribution in [1.29, 1.82) is 0 Å². The molecule has 1 aromatic rings. The summed E-state index contributed by atoms with van der Waals surface area (Å²) < 4.78 is 24.6. The first-order chi connectivity index (χ1) is 13.0. The highest BCUT2D eigenvalue weighted by Gasteiger charge is 2.71. The summed E-state index contributed by atoms with van der Waals surface area (Å²) >= 11 is 0. The Hall–Kier alpha value is -1.20. The molecule has 0 N–H and O–H groups in total. The highest BCUT2D eigenvalue weighted by atomic mass is 16.6. The van der Waals surface area contributed by atoms with Crippen LogP contribution >= 0.6 is 0 Å². The fourth-order valence-electron chi connectivity index (χ4n) is 4.90. The van der Waals surface area contributed by atoms with Crippen molar-refractivity contribution in [3.8, 4) is 0 Å². The molecule has 148 valence electrons. The molecule has 1 saturated carbocycles. The number of epoxide rings is 2. The molecule has 1 aromatic carbocycles. The molecule has 27 heavy (non-hydrogen) atoms. The molecule has 6 unspecified atom stereocenters. The van der Waals surface area contributed by atoms with Crippen molar-refractivity contribution in [2.24, 2.45) is 5.92 Å². The van der Waals surface area contributed by atoms with Gasteiger partial charge in [0.25, 0.3) is 0 Å². The topological polar surface area (TPSA) is 43.5 Å². The molecule has 4 heteroatoms. The summed E-state index contributed by atoms with van der Waals surface area (Å²) in [6.45, 7) is 7.94. The van der Waals surface area contributed by atoms with E-state index in [1.165, 1.54) is 11.1 Å². The van der Waals surface area contributed by atoms with Crippen molar-refractivity contribution >= 4 is 0 Å². The second kappa shape index (κ2) is 7.32. The number of benzene rings is 1. The minimum absolute atomic E-state index is 0.00772. The Morgan fingerprint density at radius 3 is 2.63 bits per heavy atom. The summed E-state index contributed by atoms with van der Waals surface area (Å²) in [5.41, 5.74) is 2.25. The Labute approximate surface area is 162 Å². The molecule has 1 aliphatic carbocycles. The molecular weight excluding hydrogens is 340 g/mol. The van der Waals surface area contributed by atoms with E-state index in [2.05, 4.69) is 51.1 Å². The van der Waals surface area contributed by atoms with Crippen molar-refractivity contribution in [2.45, 2.75) is 76.2 Å². The Morgan fingerprint density at radius 1 is 1.26 bits per heavy atom. The van der Waals surface area contributed by atoms with E-state index in [0.29, 0.717) is 6.61 Å². The summed E-state index contributed by atoms with van der Waals surface area (Å²) in [4.78, 5) is 0. The monoisotopic (exact) mass is 372 g/mol. The molecule has 0 amide bonds. The normalized spacial score (nSPS) is 40.0. The number of hydrogen-bond donors (Lipinski definition) is 0. The lowest BCUT2D eigenvalue weighted by Gasteiger charge is -2.43. The molecule has 0 aromatic heterocycles. The van der Waals surface area contributed by atoms with Crippen LogP contribution in [0.5, 0.6) is 0 Å². The van der Waals surface area contributed by atoms with E-state index in [4.69, 9.17) is 18.9 Å². The fraction of sp³-hybridized carbons (Fsp3) is 0.652. The molecule has 6 atom stereocenters. The smallest absolute Gasteiger partial charge is 0.101 e. The van der Waals surface area contributed by atoms with Gasteiger partial charge in [0, 0.05) is 7.11 Å². The second-order valence-electron chi connectivity index (χ2n) is 8.71. The molecule has 3 fully saturated rings. The van der Waals surface area contributed by atoms with Gasteiger partial charge in [-0.05, 0) is 45.6 Å². The van der Waals surface area contributed by atoms with Crippen LogP contribution < -0.4 is 0 Å². The van der Waals surface area contributed by atoms with Gasteiger partial charge in [-0.1, -0.05) is 42.0 Å². The van der Waals surface area contributed by atoms with Gasteiger partial charge in [0.05, 0.1) is 43.0 Å². The van der Waals surface area contributed by atoms with Crippen LogP contribution in [0.15, 0.2) is 42.0 Å². The maximum Gasteiger partial charge on any atom is 0.101 e. The summed E-state index contributed by atoms with van der Waals surface area (Å²) in [5, 5.41) is 0. The van der Waals surface area contributed by atoms with Gasteiger partial charge in [0.15, 0.2) is 0 Å². The van der Waals surface area contributed by atoms with Crippen LogP contribution in [0.4, 0.5) is 0 Å². The highest BCUT2D eigenvalue weighted by molar-refractivity contribution is 5.21. The van der Waals surface area contributed by atoms with E-state index in [1.54, 1.807) is 7.11 Å². The zero-order valence-corrected chi connectivity index (χ0v) is 16.9. The molecule has 0 bridgehead atoms. The third-order valence-corrected chi connectivity index (χ3v) is 6.54. The van der Waals surface area contributed by atoms with Gasteiger partial charge in [0.1, 0.15) is 5.60 Å². The van der Waals surface area contributed by atoms with Crippen LogP contribution in [0.3, 0.4) is 0 Å². The van der Waals surface area contributed by atoms with Gasteiger partial charge in [-0.25, -0.2) is 0 Å². The van der Waals surface area contributed by atoms with Crippen molar-refractivity contribution < 1.29 is 18.9 Å². The summed E-state index contributed by atoms with van der Waals surface area (Å²) in [6.07, 6.45) is 5.51. The summed E-state index contributed by atoms with van der Waals surface area (Å²) in [5.74, 6) is 0.208. The number of rotatable bonds is 7. The van der Waals surface area contributed by atoms with E-state index in [0.717, 1.165) is 25.9 Å². The Morgan fingerprint density at radius 2 is 2.00 bits per heavy atom. The zero-order valence-electron chi connectivity index (χ0n) is 16.9. The van der Waals surface area contributed by atoms with Gasteiger partial charge in [0.2, 0.25) is 0 Å². The standard InChI is InChI=1S/C23H32O4/c1-16(2)10-11-19-22(3,27-19)21-20(24-4)18(12-13-23(21)15-26-23)25-14-17-8-6-5-7-9-17/h5-10,18-21H,11-15H2,1-4H3. The molecule has 0 radical (unpaired) electrons. The van der Waals surface area contributed by atoms with Crippen LogP contribution in [0.1, 0.15) is 45.6 Å². The Bertz CT molecular complexity index is 677. The summed E-state index contributed by atoms with van der Waals surface area (Å²) in [6, 6.07) is 10.3. The van der Waals surface area contributed by atoms with Gasteiger partial charge in [-0.2, -0.15) is 0 Å². The van der Waals surface area contributed by atoms with E-state index in [1.807, 2.05) is 6.07 Å². The number of methoxy groups -OCH3 is 1. The first-order valence-corrected chi connectivity index (χ1v) is 10.1. The molecule has 3 aliphatic rings. The molecule has 4 rings (SSSR count). The SMILES string of the molecule is COC1C(OCc2ccccc2)CCC2(CO2)C1C1(C)OC1CC=C(C)C. The molecule has 1 spiro atoms. The third kappa shape index (κ3) is 3.73. The van der Waals surface area contributed by atoms with Gasteiger partial charge < -0.3 is 18.9 Å². The predicted molar refractivity (Wildman–Crippen MR) is 105 cm³/mol. The summed E-state index contributed by atoms with van der Waals surface area (Å²) in [7, 11) is 1.80. The Balaban J connectivity index is 1.48. The van der Waals surface area contributed by atoms with Gasteiger partial charge in [-0.15, -0.1) is 0 Å². The van der Waals surface area contributed by atoms with E-state index >= 15 is 0 Å². The largest absolute Gasteiger partial charge is 0.378 e. The second-order valence-corrected chi connectivity index (χ2v) is 8.71. The van der Waals surface area contributed by atoms with E-state index < -0.39 is 0 Å². The maximum atomic E-state index is 6.33. The van der Waals surface area contributed by atoms with Crippen molar-refractivity contribution in [3.05, 3.63) is 47.5 Å². The molecule has 2 aliphatic heterocycles. The molecule has 4 nitrogen and oxygen atoms in total. The zero-order chi connectivity index (χ0) is 19.1. The minimum Gasteiger partial charge on any atom is -0.378 e. The van der Waals surface area contributed by atoms with Crippen LogP contribution in [0, 0.1) is 5.92 Å². The number of ether oxygens (including phenoxy) is 4. The highest BCUT2D eigenvalue weighted by Crippen LogP contribution is 2.59. The third-order valence-electron chi connectivity index (χ3n) is 6.54. The number of allylic oxidation sites excluding steroid dienone is 1.